The lowest BCUT2D eigenvalue weighted by Crippen LogP contribution is -2.47. The zero-order valence-electron chi connectivity index (χ0n) is 36.3. The Morgan fingerprint density at radius 3 is 2.55 bits per heavy atom. The van der Waals surface area contributed by atoms with Gasteiger partial charge in [-0.2, -0.15) is 0 Å². The van der Waals surface area contributed by atoms with Gasteiger partial charge in [0.05, 0.1) is 63.4 Å². The van der Waals surface area contributed by atoms with E-state index in [1.807, 2.05) is 12.1 Å². The second-order valence-electron chi connectivity index (χ2n) is 17.6. The van der Waals surface area contributed by atoms with E-state index in [2.05, 4.69) is 50.8 Å². The molecule has 1 aliphatic carbocycles. The third-order valence-corrected chi connectivity index (χ3v) is 14.2. The van der Waals surface area contributed by atoms with Gasteiger partial charge in [0, 0.05) is 69.3 Å². The molecule has 340 valence electrons. The molecule has 2 saturated heterocycles. The van der Waals surface area contributed by atoms with Crippen LogP contribution in [0.2, 0.25) is 5.02 Å². The van der Waals surface area contributed by atoms with Crippen molar-refractivity contribution in [1.29, 1.82) is 0 Å². The van der Waals surface area contributed by atoms with E-state index in [1.54, 1.807) is 37.5 Å². The molecule has 3 aromatic carbocycles. The standard InChI is InChI=1S/C46H50ClN9O8S/c1-46(2)14-12-30(37(25-46)29-4-6-31(47)7-5-29)27-53-16-18-54(19-17-53)32-8-10-35(41(22-32)55-43-36(45(58)52(55)3)24-40-38(50-43)13-15-48-40)44(57)51-65(61,62)34-9-11-39(42(23-34)56(59)60)49-26-33-28-63-20-21-64-33/h4-11,13,15,22-24,33,48-49H,12,14,16-21,25-28H2,1-3H3,(H,51,57)/t33-/m0/s1. The fourth-order valence-corrected chi connectivity index (χ4v) is 10.2. The van der Waals surface area contributed by atoms with Crippen LogP contribution in [0, 0.1) is 15.5 Å². The second-order valence-corrected chi connectivity index (χ2v) is 19.7. The van der Waals surface area contributed by atoms with Crippen LogP contribution in [0.25, 0.3) is 33.3 Å². The topological polar surface area (TPSA) is 199 Å². The fourth-order valence-electron chi connectivity index (χ4n) is 9.05. The first-order valence-corrected chi connectivity index (χ1v) is 23.4. The Bertz CT molecular complexity index is 3020. The fraction of sp³-hybridized carbons (Fsp3) is 0.370. The summed E-state index contributed by atoms with van der Waals surface area (Å²) in [6.45, 7) is 9.75. The number of nitrogens with zero attached hydrogens (tertiary/aromatic N) is 6. The van der Waals surface area contributed by atoms with Crippen molar-refractivity contribution in [2.24, 2.45) is 12.5 Å². The number of amides is 1. The smallest absolute Gasteiger partial charge is 0.293 e. The number of pyridine rings is 1. The van der Waals surface area contributed by atoms with E-state index in [-0.39, 0.29) is 46.2 Å². The number of halogens is 1. The van der Waals surface area contributed by atoms with Crippen LogP contribution in [0.5, 0.6) is 0 Å². The first-order valence-electron chi connectivity index (χ1n) is 21.6. The summed E-state index contributed by atoms with van der Waals surface area (Å²) in [6.07, 6.45) is 4.50. The van der Waals surface area contributed by atoms with Crippen LogP contribution >= 0.6 is 11.6 Å². The molecule has 1 atom stereocenters. The molecule has 0 bridgehead atoms. The molecule has 3 N–H and O–H groups in total. The number of nitrogens with one attached hydrogen (secondary N) is 3. The van der Waals surface area contributed by atoms with E-state index in [0.29, 0.717) is 54.4 Å². The SMILES string of the molecule is Cn1c(=O)c2cc3[nH]ccc3nc2n1-c1cc(N2CCN(CC3=C(c4ccc(Cl)cc4)CC(C)(C)CC3)CC2)ccc1C(=O)NS(=O)(=O)c1ccc(NC[C@H]2COCCO2)c([N+](=O)[O-])c1. The predicted octanol–water partition coefficient (Wildman–Crippen LogP) is 6.50. The van der Waals surface area contributed by atoms with Gasteiger partial charge in [-0.25, -0.2) is 27.5 Å². The number of hydrogen-bond donors (Lipinski definition) is 3. The van der Waals surface area contributed by atoms with E-state index in [1.165, 1.54) is 44.3 Å². The van der Waals surface area contributed by atoms with Crippen LogP contribution in [0.3, 0.4) is 0 Å². The third-order valence-electron chi connectivity index (χ3n) is 12.6. The zero-order valence-corrected chi connectivity index (χ0v) is 37.9. The summed E-state index contributed by atoms with van der Waals surface area (Å²) in [4.78, 5) is 51.6. The van der Waals surface area contributed by atoms with Gasteiger partial charge in [-0.1, -0.05) is 43.2 Å². The van der Waals surface area contributed by atoms with Crippen LogP contribution < -0.4 is 20.5 Å². The van der Waals surface area contributed by atoms with Crippen molar-refractivity contribution in [2.75, 3.05) is 69.3 Å². The van der Waals surface area contributed by atoms with Crippen LogP contribution in [0.4, 0.5) is 17.1 Å². The molecule has 0 radical (unpaired) electrons. The number of anilines is 2. The molecule has 0 spiro atoms. The summed E-state index contributed by atoms with van der Waals surface area (Å²) < 4.78 is 43.8. The molecule has 9 rings (SSSR count). The van der Waals surface area contributed by atoms with Gasteiger partial charge in [0.25, 0.3) is 27.2 Å². The van der Waals surface area contributed by atoms with Crippen LogP contribution in [-0.2, 0) is 26.5 Å². The first kappa shape index (κ1) is 44.2. The Kier molecular flexibility index (Phi) is 12.0. The third kappa shape index (κ3) is 9.13. The van der Waals surface area contributed by atoms with Gasteiger partial charge in [0.2, 0.25) is 0 Å². The van der Waals surface area contributed by atoms with Gasteiger partial charge in [-0.05, 0) is 90.4 Å². The van der Waals surface area contributed by atoms with Crippen molar-refractivity contribution in [3.05, 3.63) is 121 Å². The summed E-state index contributed by atoms with van der Waals surface area (Å²) in [5.41, 5.74) is 5.88. The number of ether oxygens (including phenoxy) is 2. The highest BCUT2D eigenvalue weighted by atomic mass is 35.5. The molecule has 0 unspecified atom stereocenters. The van der Waals surface area contributed by atoms with Crippen LogP contribution in [0.15, 0.2) is 94.3 Å². The average Bonchev–Trinajstić information content (AvgIpc) is 3.85. The number of rotatable bonds is 12. The predicted molar refractivity (Wildman–Crippen MR) is 250 cm³/mol. The number of sulfonamides is 1. The Hall–Kier alpha value is -6.05. The maximum absolute atomic E-state index is 14.3. The molecule has 17 nitrogen and oxygen atoms in total. The second kappa shape index (κ2) is 17.7. The molecule has 6 aromatic rings. The number of fused-ring (bicyclic) bond motifs is 2. The minimum absolute atomic E-state index is 0.0659. The molecule has 19 heteroatoms. The average molecular weight is 924 g/mol. The molecular weight excluding hydrogens is 874 g/mol. The molecular formula is C46H50ClN9O8S. The van der Waals surface area contributed by atoms with Gasteiger partial charge < -0.3 is 24.7 Å². The van der Waals surface area contributed by atoms with Gasteiger partial charge in [-0.3, -0.25) is 24.6 Å². The van der Waals surface area contributed by atoms with Crippen molar-refractivity contribution in [3.63, 3.8) is 0 Å². The quantitative estimate of drug-likeness (QED) is 0.0891. The number of carbonyl (C=O) groups is 1. The van der Waals surface area contributed by atoms with Gasteiger partial charge in [0.1, 0.15) is 5.69 Å². The van der Waals surface area contributed by atoms with Gasteiger partial charge in [-0.15, -0.1) is 0 Å². The van der Waals surface area contributed by atoms with E-state index >= 15 is 0 Å². The van der Waals surface area contributed by atoms with Crippen LogP contribution in [0.1, 0.15) is 49.0 Å². The molecule has 3 aliphatic rings. The van der Waals surface area contributed by atoms with E-state index in [0.717, 1.165) is 50.7 Å². The monoisotopic (exact) mass is 923 g/mol. The number of aromatic nitrogens is 4. The van der Waals surface area contributed by atoms with Crippen molar-refractivity contribution in [2.45, 2.75) is 44.1 Å². The number of aromatic amines is 1. The summed E-state index contributed by atoms with van der Waals surface area (Å²) in [6, 6.07) is 20.0. The van der Waals surface area contributed by atoms with Crippen molar-refractivity contribution < 1.29 is 27.6 Å². The summed E-state index contributed by atoms with van der Waals surface area (Å²) >= 11 is 6.26. The van der Waals surface area contributed by atoms with Crippen molar-refractivity contribution in [3.8, 4) is 5.69 Å². The van der Waals surface area contributed by atoms with E-state index in [9.17, 15) is 28.1 Å². The highest BCUT2D eigenvalue weighted by Crippen LogP contribution is 2.43. The Morgan fingerprint density at radius 2 is 1.82 bits per heavy atom. The van der Waals surface area contributed by atoms with Crippen molar-refractivity contribution in [1.82, 2.24) is 29.0 Å². The highest BCUT2D eigenvalue weighted by molar-refractivity contribution is 7.90. The number of benzene rings is 3. The Morgan fingerprint density at radius 1 is 1.03 bits per heavy atom. The summed E-state index contributed by atoms with van der Waals surface area (Å²) in [5, 5.41) is 16.1. The zero-order chi connectivity index (χ0) is 45.6. The van der Waals surface area contributed by atoms with Crippen molar-refractivity contribution >= 4 is 72.2 Å². The summed E-state index contributed by atoms with van der Waals surface area (Å²) in [5.74, 6) is -1.01. The maximum Gasteiger partial charge on any atom is 0.293 e. The molecule has 2 aliphatic heterocycles. The van der Waals surface area contributed by atoms with Gasteiger partial charge >= 0.3 is 0 Å². The summed E-state index contributed by atoms with van der Waals surface area (Å²) in [7, 11) is -3.10. The minimum atomic E-state index is -4.66. The van der Waals surface area contributed by atoms with E-state index < -0.39 is 31.4 Å². The number of nitro groups is 1. The number of carbonyl (C=O) groups excluding carboxylic acids is 1. The number of H-pyrrole nitrogens is 1. The molecule has 65 heavy (non-hydrogen) atoms. The first-order chi connectivity index (χ1) is 31.1. The number of hydrogen-bond acceptors (Lipinski definition) is 12. The minimum Gasteiger partial charge on any atom is -0.377 e. The van der Waals surface area contributed by atoms with Gasteiger partial charge in [0.15, 0.2) is 5.65 Å². The largest absolute Gasteiger partial charge is 0.377 e. The number of piperazine rings is 1. The Balaban J connectivity index is 1.01. The number of nitro benzene ring substituents is 1. The molecule has 1 amide bonds. The van der Waals surface area contributed by atoms with E-state index in [4.69, 9.17) is 26.1 Å². The molecule has 3 aromatic heterocycles. The van der Waals surface area contributed by atoms with Crippen LogP contribution in [-0.4, -0.2) is 109 Å². The lowest BCUT2D eigenvalue weighted by Gasteiger charge is -2.39. The lowest BCUT2D eigenvalue weighted by atomic mass is 9.72. The lowest BCUT2D eigenvalue weighted by molar-refractivity contribution is -0.384. The molecule has 2 fully saturated rings. The highest BCUT2D eigenvalue weighted by Gasteiger charge is 2.31. The normalized spacial score (nSPS) is 18.3. The molecule has 5 heterocycles. The molecule has 0 saturated carbocycles. The maximum atomic E-state index is 14.3. The Labute approximate surface area is 380 Å². The number of allylic oxidation sites excluding steroid dienone is 1.